The minimum atomic E-state index is -1.22. The van der Waals surface area contributed by atoms with E-state index < -0.39 is 17.8 Å². The standard InChI is InChI=1S/C29H32N4O5/c1-29(2,3)38-28(37)30-22-15-16-33(18-22)23-12-9-20(10-13-23)26(34)31-25-17-21(19-7-5-4-6-8-19)11-14-24(25)32-27(35)36/h4-14,17,22,32H,15-16,18H2,1-3H3,(H,30,37)(H,31,34)(H,35,36). The highest BCUT2D eigenvalue weighted by Crippen LogP contribution is 2.30. The zero-order valence-corrected chi connectivity index (χ0v) is 21.7. The van der Waals surface area contributed by atoms with Gasteiger partial charge in [-0.25, -0.2) is 9.59 Å². The van der Waals surface area contributed by atoms with Crippen LogP contribution in [0.3, 0.4) is 0 Å². The van der Waals surface area contributed by atoms with Crippen molar-refractivity contribution in [2.75, 3.05) is 28.6 Å². The molecule has 1 fully saturated rings. The van der Waals surface area contributed by atoms with Crippen LogP contribution in [0.15, 0.2) is 72.8 Å². The molecule has 1 heterocycles. The van der Waals surface area contributed by atoms with Crippen LogP contribution < -0.4 is 20.9 Å². The van der Waals surface area contributed by atoms with Gasteiger partial charge in [0, 0.05) is 24.3 Å². The molecule has 4 N–H and O–H groups in total. The Kier molecular flexibility index (Phi) is 7.85. The third-order valence-corrected chi connectivity index (χ3v) is 6.02. The highest BCUT2D eigenvalue weighted by Gasteiger charge is 2.26. The number of hydrogen-bond donors (Lipinski definition) is 4. The first-order valence-corrected chi connectivity index (χ1v) is 12.4. The Morgan fingerprint density at radius 3 is 2.26 bits per heavy atom. The Bertz CT molecular complexity index is 1300. The summed E-state index contributed by atoms with van der Waals surface area (Å²) >= 11 is 0. The maximum atomic E-state index is 13.1. The van der Waals surface area contributed by atoms with Crippen molar-refractivity contribution < 1.29 is 24.2 Å². The molecule has 9 nitrogen and oxygen atoms in total. The number of alkyl carbamates (subject to hydrolysis) is 1. The van der Waals surface area contributed by atoms with Crippen molar-refractivity contribution in [1.29, 1.82) is 0 Å². The number of benzene rings is 3. The average Bonchev–Trinajstić information content (AvgIpc) is 3.32. The average molecular weight is 517 g/mol. The zero-order valence-electron chi connectivity index (χ0n) is 21.7. The van der Waals surface area contributed by atoms with E-state index >= 15 is 0 Å². The van der Waals surface area contributed by atoms with E-state index in [0.717, 1.165) is 29.8 Å². The maximum Gasteiger partial charge on any atom is 0.409 e. The molecule has 0 aliphatic carbocycles. The summed E-state index contributed by atoms with van der Waals surface area (Å²) in [4.78, 5) is 38.6. The van der Waals surface area contributed by atoms with Crippen LogP contribution in [-0.4, -0.2) is 47.9 Å². The minimum Gasteiger partial charge on any atom is -0.465 e. The van der Waals surface area contributed by atoms with Crippen molar-refractivity contribution in [2.45, 2.75) is 38.8 Å². The Balaban J connectivity index is 1.43. The molecule has 0 bridgehead atoms. The number of anilines is 3. The van der Waals surface area contributed by atoms with Gasteiger partial charge in [0.2, 0.25) is 0 Å². The summed E-state index contributed by atoms with van der Waals surface area (Å²) in [5.74, 6) is -0.360. The number of carbonyl (C=O) groups excluding carboxylic acids is 2. The molecule has 3 amide bonds. The summed E-state index contributed by atoms with van der Waals surface area (Å²) in [7, 11) is 0. The number of nitrogens with zero attached hydrogens (tertiary/aromatic N) is 1. The highest BCUT2D eigenvalue weighted by molar-refractivity contribution is 6.07. The lowest BCUT2D eigenvalue weighted by molar-refractivity contribution is 0.0508. The molecule has 0 aromatic heterocycles. The molecule has 3 aromatic rings. The van der Waals surface area contributed by atoms with Crippen LogP contribution in [0.1, 0.15) is 37.6 Å². The van der Waals surface area contributed by atoms with E-state index in [-0.39, 0.29) is 17.6 Å². The zero-order chi connectivity index (χ0) is 27.3. The monoisotopic (exact) mass is 516 g/mol. The van der Waals surface area contributed by atoms with Gasteiger partial charge in [0.1, 0.15) is 5.60 Å². The quantitative estimate of drug-likeness (QED) is 0.329. The molecule has 4 rings (SSSR count). The second-order valence-corrected chi connectivity index (χ2v) is 10.1. The lowest BCUT2D eigenvalue weighted by atomic mass is 10.0. The largest absolute Gasteiger partial charge is 0.465 e. The summed E-state index contributed by atoms with van der Waals surface area (Å²) < 4.78 is 5.34. The molecule has 198 valence electrons. The van der Waals surface area contributed by atoms with Crippen LogP contribution in [0.5, 0.6) is 0 Å². The first kappa shape index (κ1) is 26.5. The number of nitrogens with one attached hydrogen (secondary N) is 3. The van der Waals surface area contributed by atoms with E-state index in [0.29, 0.717) is 17.8 Å². The predicted molar refractivity (Wildman–Crippen MR) is 148 cm³/mol. The van der Waals surface area contributed by atoms with Gasteiger partial charge >= 0.3 is 12.2 Å². The van der Waals surface area contributed by atoms with Crippen LogP contribution in [0, 0.1) is 0 Å². The summed E-state index contributed by atoms with van der Waals surface area (Å²) in [6, 6.07) is 21.9. The van der Waals surface area contributed by atoms with Crippen LogP contribution in [-0.2, 0) is 4.74 Å². The summed E-state index contributed by atoms with van der Waals surface area (Å²) in [5.41, 5.74) is 3.25. The van der Waals surface area contributed by atoms with Gasteiger partial charge in [-0.05, 0) is 74.7 Å². The molecule has 1 unspecified atom stereocenters. The van der Waals surface area contributed by atoms with E-state index in [1.54, 1.807) is 30.3 Å². The molecule has 1 saturated heterocycles. The van der Waals surface area contributed by atoms with Gasteiger partial charge in [0.05, 0.1) is 17.4 Å². The fourth-order valence-corrected chi connectivity index (χ4v) is 4.29. The van der Waals surface area contributed by atoms with Gasteiger partial charge in [-0.2, -0.15) is 0 Å². The van der Waals surface area contributed by atoms with E-state index in [9.17, 15) is 19.5 Å². The van der Waals surface area contributed by atoms with Crippen LogP contribution >= 0.6 is 0 Å². The number of amides is 3. The predicted octanol–water partition coefficient (Wildman–Crippen LogP) is 5.80. The van der Waals surface area contributed by atoms with Gasteiger partial charge in [0.15, 0.2) is 0 Å². The summed E-state index contributed by atoms with van der Waals surface area (Å²) in [6.07, 6.45) is -0.856. The molecular formula is C29H32N4O5. The Labute approximate surface area is 221 Å². The van der Waals surface area contributed by atoms with Crippen molar-refractivity contribution >= 4 is 35.2 Å². The number of carbonyl (C=O) groups is 3. The minimum absolute atomic E-state index is 0.0233. The maximum absolute atomic E-state index is 13.1. The molecule has 38 heavy (non-hydrogen) atoms. The molecule has 9 heteroatoms. The molecule has 1 aliphatic rings. The van der Waals surface area contributed by atoms with Crippen molar-refractivity contribution in [3.8, 4) is 11.1 Å². The lowest BCUT2D eigenvalue weighted by Gasteiger charge is -2.22. The normalized spacial score (nSPS) is 15.0. The van der Waals surface area contributed by atoms with E-state index in [2.05, 4.69) is 20.9 Å². The van der Waals surface area contributed by atoms with Crippen molar-refractivity contribution in [3.63, 3.8) is 0 Å². The van der Waals surface area contributed by atoms with Crippen LogP contribution in [0.25, 0.3) is 11.1 Å². The van der Waals surface area contributed by atoms with Gasteiger partial charge in [0.25, 0.3) is 5.91 Å². The molecule has 3 aromatic carbocycles. The SMILES string of the molecule is CC(C)(C)OC(=O)NC1CCN(c2ccc(C(=O)Nc3cc(-c4ccccc4)ccc3NC(=O)O)cc2)C1. The van der Waals surface area contributed by atoms with Gasteiger partial charge in [-0.15, -0.1) is 0 Å². The molecule has 0 spiro atoms. The van der Waals surface area contributed by atoms with E-state index in [1.807, 2.05) is 63.2 Å². The fraction of sp³-hybridized carbons (Fsp3) is 0.276. The summed E-state index contributed by atoms with van der Waals surface area (Å²) in [6.45, 7) is 6.89. The van der Waals surface area contributed by atoms with E-state index in [4.69, 9.17) is 4.74 Å². The van der Waals surface area contributed by atoms with Gasteiger partial charge in [-0.3, -0.25) is 10.1 Å². The Morgan fingerprint density at radius 2 is 1.61 bits per heavy atom. The Hall–Kier alpha value is -4.53. The second-order valence-electron chi connectivity index (χ2n) is 10.1. The Morgan fingerprint density at radius 1 is 0.895 bits per heavy atom. The first-order chi connectivity index (χ1) is 18.1. The number of hydrogen-bond acceptors (Lipinski definition) is 5. The van der Waals surface area contributed by atoms with Crippen molar-refractivity contribution in [3.05, 3.63) is 78.4 Å². The first-order valence-electron chi connectivity index (χ1n) is 12.4. The smallest absolute Gasteiger partial charge is 0.409 e. The second kappa shape index (κ2) is 11.2. The molecule has 0 radical (unpaired) electrons. The fourth-order valence-electron chi connectivity index (χ4n) is 4.29. The summed E-state index contributed by atoms with van der Waals surface area (Å²) in [5, 5.41) is 17.3. The van der Waals surface area contributed by atoms with Crippen LogP contribution in [0.4, 0.5) is 26.7 Å². The number of rotatable bonds is 6. The highest BCUT2D eigenvalue weighted by atomic mass is 16.6. The number of carboxylic acid groups (broad SMARTS) is 1. The molecule has 1 atom stereocenters. The van der Waals surface area contributed by atoms with Crippen molar-refractivity contribution in [2.24, 2.45) is 0 Å². The topological polar surface area (TPSA) is 120 Å². The molecule has 1 aliphatic heterocycles. The number of ether oxygens (including phenoxy) is 1. The van der Waals surface area contributed by atoms with Gasteiger partial charge < -0.3 is 25.4 Å². The van der Waals surface area contributed by atoms with Gasteiger partial charge in [-0.1, -0.05) is 36.4 Å². The van der Waals surface area contributed by atoms with Crippen molar-refractivity contribution in [1.82, 2.24) is 5.32 Å². The lowest BCUT2D eigenvalue weighted by Crippen LogP contribution is -2.40. The third kappa shape index (κ3) is 7.03. The molecule has 0 saturated carbocycles. The van der Waals surface area contributed by atoms with E-state index in [1.165, 1.54) is 0 Å². The third-order valence-electron chi connectivity index (χ3n) is 6.02. The van der Waals surface area contributed by atoms with Crippen LogP contribution in [0.2, 0.25) is 0 Å². The molecular weight excluding hydrogens is 484 g/mol.